The molecule has 0 aliphatic carbocycles. The van der Waals surface area contributed by atoms with Gasteiger partial charge in [0.15, 0.2) is 5.43 Å². The molecule has 0 saturated carbocycles. The van der Waals surface area contributed by atoms with Gasteiger partial charge in [-0.1, -0.05) is 41.9 Å². The number of rotatable bonds is 4. The minimum atomic E-state index is -0.529. The first-order valence-electron chi connectivity index (χ1n) is 9.64. The Kier molecular flexibility index (Phi) is 4.60. The maximum atomic E-state index is 13.4. The number of carbonyl (C=O) groups excluding carboxylic acids is 1. The highest BCUT2D eigenvalue weighted by Gasteiger charge is 2.42. The quantitative estimate of drug-likeness (QED) is 0.486. The van der Waals surface area contributed by atoms with Gasteiger partial charge in [-0.2, -0.15) is 0 Å². The molecule has 1 aliphatic heterocycles. The van der Waals surface area contributed by atoms with Gasteiger partial charge in [0, 0.05) is 24.0 Å². The standard InChI is InChI=1S/C24H17ClN2O3/c25-17-6-7-19-18(14-17)22(28)20-21(16-8-11-26-12-9-16)27(24(29)23(20)30-19)13-10-15-4-2-1-3-5-15/h1-9,11-12,14,21H,10,13H2/t21-/m0/s1. The van der Waals surface area contributed by atoms with Crippen LogP contribution >= 0.6 is 11.6 Å². The topological polar surface area (TPSA) is 63.4 Å². The Balaban J connectivity index is 1.65. The van der Waals surface area contributed by atoms with Crippen molar-refractivity contribution in [3.05, 3.63) is 111 Å². The van der Waals surface area contributed by atoms with Gasteiger partial charge < -0.3 is 9.32 Å². The molecule has 0 fully saturated rings. The summed E-state index contributed by atoms with van der Waals surface area (Å²) in [7, 11) is 0. The molecule has 6 heteroatoms. The molecule has 30 heavy (non-hydrogen) atoms. The van der Waals surface area contributed by atoms with Crippen molar-refractivity contribution >= 4 is 28.5 Å². The van der Waals surface area contributed by atoms with E-state index < -0.39 is 6.04 Å². The van der Waals surface area contributed by atoms with Crippen molar-refractivity contribution in [1.29, 1.82) is 0 Å². The fraction of sp³-hybridized carbons (Fsp3) is 0.125. The lowest BCUT2D eigenvalue weighted by atomic mass is 9.99. The first-order valence-corrected chi connectivity index (χ1v) is 10.0. The van der Waals surface area contributed by atoms with Gasteiger partial charge in [-0.25, -0.2) is 0 Å². The maximum absolute atomic E-state index is 13.4. The zero-order valence-electron chi connectivity index (χ0n) is 15.9. The number of carbonyl (C=O) groups is 1. The summed E-state index contributed by atoms with van der Waals surface area (Å²) < 4.78 is 5.92. The van der Waals surface area contributed by atoms with Crippen LogP contribution in [0.3, 0.4) is 0 Å². The van der Waals surface area contributed by atoms with Gasteiger partial charge in [0.05, 0.1) is 17.0 Å². The molecule has 2 aromatic heterocycles. The third-order valence-electron chi connectivity index (χ3n) is 5.43. The lowest BCUT2D eigenvalue weighted by Gasteiger charge is -2.25. The molecule has 148 valence electrons. The molecule has 4 aromatic rings. The summed E-state index contributed by atoms with van der Waals surface area (Å²) >= 11 is 6.10. The van der Waals surface area contributed by atoms with Crippen LogP contribution in [0, 0.1) is 0 Å². The van der Waals surface area contributed by atoms with Crippen molar-refractivity contribution in [3.8, 4) is 0 Å². The lowest BCUT2D eigenvalue weighted by Crippen LogP contribution is -2.31. The van der Waals surface area contributed by atoms with E-state index >= 15 is 0 Å². The zero-order valence-corrected chi connectivity index (χ0v) is 16.7. The number of hydrogen-bond acceptors (Lipinski definition) is 4. The summed E-state index contributed by atoms with van der Waals surface area (Å²) in [5.41, 5.74) is 2.42. The summed E-state index contributed by atoms with van der Waals surface area (Å²) in [5.74, 6) is -0.179. The van der Waals surface area contributed by atoms with Crippen LogP contribution in [-0.2, 0) is 6.42 Å². The Hall–Kier alpha value is -3.44. The van der Waals surface area contributed by atoms with E-state index in [1.807, 2.05) is 42.5 Å². The van der Waals surface area contributed by atoms with Crippen LogP contribution in [0.25, 0.3) is 11.0 Å². The highest BCUT2D eigenvalue weighted by molar-refractivity contribution is 6.31. The molecular formula is C24H17ClN2O3. The van der Waals surface area contributed by atoms with Gasteiger partial charge in [-0.05, 0) is 47.9 Å². The third-order valence-corrected chi connectivity index (χ3v) is 5.67. The van der Waals surface area contributed by atoms with E-state index in [-0.39, 0.29) is 17.1 Å². The molecule has 0 N–H and O–H groups in total. The highest BCUT2D eigenvalue weighted by Crippen LogP contribution is 2.38. The van der Waals surface area contributed by atoms with Crippen molar-refractivity contribution in [1.82, 2.24) is 9.88 Å². The molecule has 0 saturated heterocycles. The van der Waals surface area contributed by atoms with E-state index in [4.69, 9.17) is 16.0 Å². The molecule has 5 rings (SSSR count). The van der Waals surface area contributed by atoms with E-state index in [1.165, 1.54) is 0 Å². The fourth-order valence-electron chi connectivity index (χ4n) is 4.01. The molecule has 5 nitrogen and oxygen atoms in total. The number of pyridine rings is 1. The van der Waals surface area contributed by atoms with Crippen LogP contribution in [0.15, 0.2) is 82.3 Å². The second-order valence-corrected chi connectivity index (χ2v) is 7.67. The molecular weight excluding hydrogens is 400 g/mol. The maximum Gasteiger partial charge on any atom is 0.290 e. The van der Waals surface area contributed by atoms with E-state index in [1.54, 1.807) is 35.5 Å². The average Bonchev–Trinajstić information content (AvgIpc) is 3.06. The van der Waals surface area contributed by atoms with Crippen LogP contribution < -0.4 is 5.43 Å². The number of benzene rings is 2. The van der Waals surface area contributed by atoms with Gasteiger partial charge >= 0.3 is 0 Å². The smallest absolute Gasteiger partial charge is 0.290 e. The van der Waals surface area contributed by atoms with Gasteiger partial charge in [0.25, 0.3) is 5.91 Å². The number of amides is 1. The molecule has 1 aliphatic rings. The Labute approximate surface area is 177 Å². The van der Waals surface area contributed by atoms with Gasteiger partial charge in [-0.15, -0.1) is 0 Å². The minimum Gasteiger partial charge on any atom is -0.450 e. The number of hydrogen-bond donors (Lipinski definition) is 0. The number of aromatic nitrogens is 1. The number of fused-ring (bicyclic) bond motifs is 2. The molecule has 1 atom stereocenters. The van der Waals surface area contributed by atoms with Crippen molar-refractivity contribution in [2.24, 2.45) is 0 Å². The van der Waals surface area contributed by atoms with Crippen molar-refractivity contribution in [3.63, 3.8) is 0 Å². The fourth-order valence-corrected chi connectivity index (χ4v) is 4.18. The van der Waals surface area contributed by atoms with Gasteiger partial charge in [0.2, 0.25) is 5.76 Å². The highest BCUT2D eigenvalue weighted by atomic mass is 35.5. The van der Waals surface area contributed by atoms with Crippen molar-refractivity contribution in [2.45, 2.75) is 12.5 Å². The average molecular weight is 417 g/mol. The van der Waals surface area contributed by atoms with Crippen molar-refractivity contribution < 1.29 is 9.21 Å². The summed E-state index contributed by atoms with van der Waals surface area (Å²) in [5, 5.41) is 0.818. The second kappa shape index (κ2) is 7.43. The van der Waals surface area contributed by atoms with Gasteiger partial charge in [0.1, 0.15) is 5.58 Å². The zero-order chi connectivity index (χ0) is 20.7. The van der Waals surface area contributed by atoms with Crippen molar-refractivity contribution in [2.75, 3.05) is 6.54 Å². The predicted octanol–water partition coefficient (Wildman–Crippen LogP) is 4.63. The molecule has 0 bridgehead atoms. The number of halogens is 1. The van der Waals surface area contributed by atoms with Crippen LogP contribution in [0.2, 0.25) is 5.02 Å². The monoisotopic (exact) mass is 416 g/mol. The SMILES string of the molecule is O=C1c2oc3ccc(Cl)cc3c(=O)c2[C@H](c2ccncc2)N1CCc1ccccc1. The Morgan fingerprint density at radius 1 is 1.00 bits per heavy atom. The Morgan fingerprint density at radius 2 is 1.77 bits per heavy atom. The van der Waals surface area contributed by atoms with Crippen LogP contribution in [-0.4, -0.2) is 22.3 Å². The third kappa shape index (κ3) is 3.08. The minimum absolute atomic E-state index is 0.102. The van der Waals surface area contributed by atoms with E-state index in [0.29, 0.717) is 34.5 Å². The molecule has 3 heterocycles. The predicted molar refractivity (Wildman–Crippen MR) is 115 cm³/mol. The lowest BCUT2D eigenvalue weighted by molar-refractivity contribution is 0.0730. The summed E-state index contributed by atoms with van der Waals surface area (Å²) in [4.78, 5) is 32.5. The first-order chi connectivity index (χ1) is 14.6. The van der Waals surface area contributed by atoms with E-state index in [9.17, 15) is 9.59 Å². The molecule has 0 spiro atoms. The molecule has 0 radical (unpaired) electrons. The number of nitrogens with zero attached hydrogens (tertiary/aromatic N) is 2. The molecule has 0 unspecified atom stereocenters. The van der Waals surface area contributed by atoms with E-state index in [0.717, 1.165) is 11.1 Å². The largest absolute Gasteiger partial charge is 0.450 e. The Morgan fingerprint density at radius 3 is 2.53 bits per heavy atom. The van der Waals surface area contributed by atoms with Crippen LogP contribution in [0.5, 0.6) is 0 Å². The molecule has 2 aromatic carbocycles. The Bertz CT molecular complexity index is 1300. The summed E-state index contributed by atoms with van der Waals surface area (Å²) in [6, 6.07) is 17.9. The first kappa shape index (κ1) is 18.6. The molecule has 1 amide bonds. The van der Waals surface area contributed by atoms with E-state index in [2.05, 4.69) is 4.98 Å². The van der Waals surface area contributed by atoms with Crippen LogP contribution in [0.1, 0.15) is 33.3 Å². The second-order valence-electron chi connectivity index (χ2n) is 7.23. The van der Waals surface area contributed by atoms with Crippen LogP contribution in [0.4, 0.5) is 0 Å². The summed E-state index contributed by atoms with van der Waals surface area (Å²) in [6.45, 7) is 0.455. The normalized spacial score (nSPS) is 15.6. The summed E-state index contributed by atoms with van der Waals surface area (Å²) in [6.07, 6.45) is 3.99. The van der Waals surface area contributed by atoms with Gasteiger partial charge in [-0.3, -0.25) is 14.6 Å².